The molecule has 0 aliphatic rings. The highest BCUT2D eigenvalue weighted by molar-refractivity contribution is 7.98. The van der Waals surface area contributed by atoms with Gasteiger partial charge in [0, 0.05) is 17.1 Å². The van der Waals surface area contributed by atoms with Gasteiger partial charge in [-0.05, 0) is 6.07 Å². The van der Waals surface area contributed by atoms with Gasteiger partial charge in [-0.2, -0.15) is 11.8 Å². The van der Waals surface area contributed by atoms with Crippen LogP contribution in [0.3, 0.4) is 0 Å². The van der Waals surface area contributed by atoms with Crippen molar-refractivity contribution in [1.29, 1.82) is 0 Å². The van der Waals surface area contributed by atoms with Crippen molar-refractivity contribution < 1.29 is 23.5 Å². The average molecular weight is 273 g/mol. The number of furan rings is 1. The molecule has 7 heteroatoms. The van der Waals surface area contributed by atoms with Crippen LogP contribution in [-0.4, -0.2) is 38.0 Å². The zero-order chi connectivity index (χ0) is 13.5. The van der Waals surface area contributed by atoms with Crippen LogP contribution in [0.4, 0.5) is 0 Å². The Balaban J connectivity index is 2.47. The zero-order valence-corrected chi connectivity index (χ0v) is 11.0. The topological polar surface area (TPSA) is 91.8 Å². The van der Waals surface area contributed by atoms with E-state index in [-0.39, 0.29) is 5.76 Å². The lowest BCUT2D eigenvalue weighted by molar-refractivity contribution is -0.141. The highest BCUT2D eigenvalue weighted by Gasteiger charge is 2.17. The molecule has 0 aliphatic carbocycles. The van der Waals surface area contributed by atoms with E-state index in [1.54, 1.807) is 6.07 Å². The summed E-state index contributed by atoms with van der Waals surface area (Å²) in [4.78, 5) is 22.4. The van der Waals surface area contributed by atoms with Crippen LogP contribution in [0.1, 0.15) is 16.1 Å². The maximum absolute atomic E-state index is 11.3. The number of hydrogen-bond donors (Lipinski definition) is 1. The maximum Gasteiger partial charge on any atom is 0.374 e. The quantitative estimate of drug-likeness (QED) is 0.766. The number of nitrogens with two attached hydrogens (primary N) is 1. The molecule has 1 aromatic rings. The Hall–Kier alpha value is -1.47. The van der Waals surface area contributed by atoms with Crippen LogP contribution in [-0.2, 0) is 20.0 Å². The summed E-state index contributed by atoms with van der Waals surface area (Å²) in [5, 5.41) is 0. The molecule has 2 N–H and O–H groups in total. The monoisotopic (exact) mass is 273 g/mol. The lowest BCUT2D eigenvalue weighted by Crippen LogP contribution is -2.33. The lowest BCUT2D eigenvalue weighted by atomic mass is 10.3. The van der Waals surface area contributed by atoms with E-state index in [0.29, 0.717) is 17.1 Å². The maximum atomic E-state index is 11.3. The fourth-order valence-corrected chi connectivity index (χ4v) is 2.19. The molecular weight excluding hydrogens is 258 g/mol. The van der Waals surface area contributed by atoms with Gasteiger partial charge in [-0.25, -0.2) is 4.79 Å². The van der Waals surface area contributed by atoms with Crippen molar-refractivity contribution in [3.8, 4) is 0 Å². The Morgan fingerprint density at radius 1 is 1.44 bits per heavy atom. The number of carbonyl (C=O) groups is 2. The van der Waals surface area contributed by atoms with E-state index in [4.69, 9.17) is 10.2 Å². The van der Waals surface area contributed by atoms with E-state index in [2.05, 4.69) is 9.47 Å². The standard InChI is InChI=1S/C11H15NO5S/c1-15-10(13)8(12)6-18-5-7-3-4-17-9(7)11(14)16-2/h3-4,8H,5-6,12H2,1-2H3. The second kappa shape index (κ2) is 7.07. The Labute approximate surface area is 109 Å². The first kappa shape index (κ1) is 14.6. The van der Waals surface area contributed by atoms with Gasteiger partial charge in [0.05, 0.1) is 20.5 Å². The highest BCUT2D eigenvalue weighted by Crippen LogP contribution is 2.19. The highest BCUT2D eigenvalue weighted by atomic mass is 32.2. The molecule has 0 bridgehead atoms. The third-order valence-corrected chi connectivity index (χ3v) is 3.29. The second-order valence-corrected chi connectivity index (χ2v) is 4.44. The molecule has 1 aromatic heterocycles. The van der Waals surface area contributed by atoms with E-state index in [1.807, 2.05) is 0 Å². The summed E-state index contributed by atoms with van der Waals surface area (Å²) in [6.45, 7) is 0. The number of esters is 2. The summed E-state index contributed by atoms with van der Waals surface area (Å²) in [5.41, 5.74) is 6.29. The molecular formula is C11H15NO5S. The van der Waals surface area contributed by atoms with Crippen molar-refractivity contribution in [1.82, 2.24) is 0 Å². The molecule has 0 saturated heterocycles. The van der Waals surface area contributed by atoms with Crippen molar-refractivity contribution in [3.63, 3.8) is 0 Å². The van der Waals surface area contributed by atoms with Gasteiger partial charge in [0.2, 0.25) is 5.76 Å². The summed E-state index contributed by atoms with van der Waals surface area (Å²) in [6, 6.07) is 1.01. The minimum absolute atomic E-state index is 0.177. The van der Waals surface area contributed by atoms with Crippen LogP contribution in [0.15, 0.2) is 16.7 Å². The SMILES string of the molecule is COC(=O)c1occc1CSCC(N)C(=O)OC. The molecule has 0 aliphatic heterocycles. The van der Waals surface area contributed by atoms with Crippen LogP contribution in [0.5, 0.6) is 0 Å². The van der Waals surface area contributed by atoms with Gasteiger partial charge >= 0.3 is 11.9 Å². The predicted octanol–water partition coefficient (Wildman–Crippen LogP) is 0.800. The molecule has 0 spiro atoms. The molecule has 0 radical (unpaired) electrons. The lowest BCUT2D eigenvalue weighted by Gasteiger charge is -2.08. The van der Waals surface area contributed by atoms with E-state index >= 15 is 0 Å². The molecule has 1 heterocycles. The van der Waals surface area contributed by atoms with Crippen molar-refractivity contribution in [2.75, 3.05) is 20.0 Å². The van der Waals surface area contributed by atoms with Crippen molar-refractivity contribution in [2.45, 2.75) is 11.8 Å². The molecule has 100 valence electrons. The van der Waals surface area contributed by atoms with Gasteiger partial charge in [0.15, 0.2) is 0 Å². The molecule has 1 atom stereocenters. The van der Waals surface area contributed by atoms with Crippen LogP contribution in [0, 0.1) is 0 Å². The number of ether oxygens (including phenoxy) is 2. The summed E-state index contributed by atoms with van der Waals surface area (Å²) in [6.07, 6.45) is 1.42. The first-order valence-electron chi connectivity index (χ1n) is 5.16. The van der Waals surface area contributed by atoms with Crippen LogP contribution < -0.4 is 5.73 Å². The molecule has 0 amide bonds. The van der Waals surface area contributed by atoms with Crippen LogP contribution in [0.2, 0.25) is 0 Å². The zero-order valence-electron chi connectivity index (χ0n) is 10.2. The minimum Gasteiger partial charge on any atom is -0.468 e. The van der Waals surface area contributed by atoms with Gasteiger partial charge in [-0.1, -0.05) is 0 Å². The number of carbonyl (C=O) groups excluding carboxylic acids is 2. The van der Waals surface area contributed by atoms with Gasteiger partial charge in [0.25, 0.3) is 0 Å². The van der Waals surface area contributed by atoms with Gasteiger partial charge in [-0.3, -0.25) is 4.79 Å². The van der Waals surface area contributed by atoms with Gasteiger partial charge < -0.3 is 19.6 Å². The molecule has 18 heavy (non-hydrogen) atoms. The Morgan fingerprint density at radius 2 is 2.17 bits per heavy atom. The van der Waals surface area contributed by atoms with Gasteiger partial charge in [0.1, 0.15) is 6.04 Å². The first-order valence-corrected chi connectivity index (χ1v) is 6.31. The van der Waals surface area contributed by atoms with E-state index in [9.17, 15) is 9.59 Å². The largest absolute Gasteiger partial charge is 0.468 e. The molecule has 1 unspecified atom stereocenters. The summed E-state index contributed by atoms with van der Waals surface area (Å²) in [5.74, 6) is 0.108. The summed E-state index contributed by atoms with van der Waals surface area (Å²) >= 11 is 1.41. The van der Waals surface area contributed by atoms with Crippen molar-refractivity contribution in [3.05, 3.63) is 23.7 Å². The molecule has 0 aromatic carbocycles. The molecule has 0 fully saturated rings. The molecule has 1 rings (SSSR count). The summed E-state index contributed by atoms with van der Waals surface area (Å²) in [7, 11) is 2.58. The fraction of sp³-hybridized carbons (Fsp3) is 0.455. The number of methoxy groups -OCH3 is 2. The Kier molecular flexibility index (Phi) is 5.73. The normalized spacial score (nSPS) is 11.9. The predicted molar refractivity (Wildman–Crippen MR) is 66.2 cm³/mol. The van der Waals surface area contributed by atoms with Crippen molar-refractivity contribution >= 4 is 23.7 Å². The van der Waals surface area contributed by atoms with Gasteiger partial charge in [-0.15, -0.1) is 0 Å². The van der Waals surface area contributed by atoms with E-state index in [0.717, 1.165) is 0 Å². The van der Waals surface area contributed by atoms with E-state index in [1.165, 1.54) is 32.2 Å². The smallest absolute Gasteiger partial charge is 0.374 e. The first-order chi connectivity index (χ1) is 8.60. The number of rotatable bonds is 6. The Morgan fingerprint density at radius 3 is 2.78 bits per heavy atom. The average Bonchev–Trinajstić information content (AvgIpc) is 2.85. The third kappa shape index (κ3) is 3.78. The van der Waals surface area contributed by atoms with Crippen LogP contribution in [0.25, 0.3) is 0 Å². The van der Waals surface area contributed by atoms with E-state index < -0.39 is 18.0 Å². The Bertz CT molecular complexity index is 417. The molecule has 0 saturated carbocycles. The number of hydrogen-bond acceptors (Lipinski definition) is 7. The minimum atomic E-state index is -0.673. The fourth-order valence-electron chi connectivity index (χ4n) is 1.24. The third-order valence-electron chi connectivity index (χ3n) is 2.18. The van der Waals surface area contributed by atoms with Crippen molar-refractivity contribution in [2.24, 2.45) is 5.73 Å². The second-order valence-electron chi connectivity index (χ2n) is 3.41. The summed E-state index contributed by atoms with van der Waals surface area (Å²) < 4.78 is 14.1. The molecule has 6 nitrogen and oxygen atoms in total. The number of thioether (sulfide) groups is 1. The van der Waals surface area contributed by atoms with Crippen LogP contribution >= 0.6 is 11.8 Å².